The van der Waals surface area contributed by atoms with Crippen LogP contribution in [0.5, 0.6) is 0 Å². The van der Waals surface area contributed by atoms with Gasteiger partial charge in [0.2, 0.25) is 5.91 Å². The maximum absolute atomic E-state index is 12.8. The Morgan fingerprint density at radius 2 is 2.03 bits per heavy atom. The molecule has 2 saturated heterocycles. The Hall–Kier alpha value is -2.81. The van der Waals surface area contributed by atoms with Crippen LogP contribution in [0.4, 0.5) is 5.82 Å². The Morgan fingerprint density at radius 1 is 1.18 bits per heavy atom. The van der Waals surface area contributed by atoms with Crippen molar-refractivity contribution in [3.8, 4) is 11.1 Å². The Kier molecular flexibility index (Phi) is 6.89. The van der Waals surface area contributed by atoms with Gasteiger partial charge in [0, 0.05) is 50.2 Å². The first-order chi connectivity index (χ1) is 16.6. The van der Waals surface area contributed by atoms with Crippen LogP contribution in [0.25, 0.3) is 21.9 Å². The number of likely N-dealkylation sites (tertiary alicyclic amines) is 1. The molecule has 0 spiro atoms. The fourth-order valence-electron chi connectivity index (χ4n) is 4.97. The molecule has 180 valence electrons. The number of pyridine rings is 1. The van der Waals surface area contributed by atoms with Gasteiger partial charge in [-0.05, 0) is 49.0 Å². The minimum atomic E-state index is -0.344. The number of rotatable bonds is 6. The third kappa shape index (κ3) is 4.71. The number of nitrogens with one attached hydrogen (secondary N) is 1. The van der Waals surface area contributed by atoms with Crippen molar-refractivity contribution in [3.05, 3.63) is 42.4 Å². The number of piperidine rings is 1. The first-order valence-electron chi connectivity index (χ1n) is 12.4. The number of aromatic nitrogens is 3. The lowest BCUT2D eigenvalue weighted by molar-refractivity contribution is -0.121. The Labute approximate surface area is 200 Å². The molecule has 2 fully saturated rings. The average molecular weight is 463 g/mol. The van der Waals surface area contributed by atoms with Crippen molar-refractivity contribution in [2.75, 3.05) is 37.7 Å². The SMILES string of the molecule is CCC(=O)N(c1cc2cc(-c3cnn(C)c3CN3CCCCC3)ccc2cn1)C1CNCCO1. The number of carbonyl (C=O) groups excluding carboxylic acids is 1. The molecule has 2 aromatic heterocycles. The lowest BCUT2D eigenvalue weighted by atomic mass is 10.0. The number of aryl methyl sites for hydroxylation is 1. The quantitative estimate of drug-likeness (QED) is 0.606. The zero-order valence-electron chi connectivity index (χ0n) is 20.2. The van der Waals surface area contributed by atoms with Crippen molar-refractivity contribution in [1.82, 2.24) is 25.0 Å². The van der Waals surface area contributed by atoms with Gasteiger partial charge in [-0.2, -0.15) is 5.10 Å². The van der Waals surface area contributed by atoms with Gasteiger partial charge in [-0.25, -0.2) is 4.98 Å². The van der Waals surface area contributed by atoms with E-state index in [2.05, 4.69) is 38.5 Å². The molecule has 2 aliphatic rings. The van der Waals surface area contributed by atoms with Crippen LogP contribution >= 0.6 is 0 Å². The molecular weight excluding hydrogens is 428 g/mol. The second kappa shape index (κ2) is 10.2. The number of hydrogen-bond donors (Lipinski definition) is 1. The van der Waals surface area contributed by atoms with E-state index in [0.717, 1.165) is 48.1 Å². The van der Waals surface area contributed by atoms with Gasteiger partial charge in [0.25, 0.3) is 0 Å². The highest BCUT2D eigenvalue weighted by molar-refractivity contribution is 5.96. The maximum atomic E-state index is 12.8. The lowest BCUT2D eigenvalue weighted by Crippen LogP contribution is -2.52. The van der Waals surface area contributed by atoms with E-state index in [4.69, 9.17) is 4.74 Å². The van der Waals surface area contributed by atoms with Crippen LogP contribution in [0, 0.1) is 0 Å². The van der Waals surface area contributed by atoms with Crippen LogP contribution in [0.3, 0.4) is 0 Å². The zero-order chi connectivity index (χ0) is 23.5. The van der Waals surface area contributed by atoms with Crippen LogP contribution in [0.15, 0.2) is 36.7 Å². The molecule has 1 N–H and O–H groups in total. The Morgan fingerprint density at radius 3 is 2.79 bits per heavy atom. The van der Waals surface area contributed by atoms with E-state index in [0.29, 0.717) is 25.4 Å². The van der Waals surface area contributed by atoms with Gasteiger partial charge in [-0.3, -0.25) is 19.3 Å². The van der Waals surface area contributed by atoms with Crippen molar-refractivity contribution in [2.45, 2.75) is 45.4 Å². The Balaban J connectivity index is 1.48. The second-order valence-electron chi connectivity index (χ2n) is 9.22. The number of benzene rings is 1. The second-order valence-corrected chi connectivity index (χ2v) is 9.22. The van der Waals surface area contributed by atoms with Crippen molar-refractivity contribution in [1.29, 1.82) is 0 Å². The molecule has 0 saturated carbocycles. The first-order valence-corrected chi connectivity index (χ1v) is 12.4. The highest BCUT2D eigenvalue weighted by Gasteiger charge is 2.28. The number of hydrogen-bond acceptors (Lipinski definition) is 6. The number of ether oxygens (including phenoxy) is 1. The van der Waals surface area contributed by atoms with Gasteiger partial charge in [-0.15, -0.1) is 0 Å². The number of fused-ring (bicyclic) bond motifs is 1. The molecule has 3 aromatic rings. The molecule has 34 heavy (non-hydrogen) atoms. The monoisotopic (exact) mass is 462 g/mol. The summed E-state index contributed by atoms with van der Waals surface area (Å²) in [5, 5.41) is 9.99. The summed E-state index contributed by atoms with van der Waals surface area (Å²) in [5.74, 6) is 0.637. The highest BCUT2D eigenvalue weighted by atomic mass is 16.5. The van der Waals surface area contributed by atoms with E-state index in [-0.39, 0.29) is 12.1 Å². The van der Waals surface area contributed by atoms with Gasteiger partial charge < -0.3 is 10.1 Å². The van der Waals surface area contributed by atoms with Crippen LogP contribution in [-0.2, 0) is 23.1 Å². The average Bonchev–Trinajstić information content (AvgIpc) is 3.24. The van der Waals surface area contributed by atoms with E-state index in [1.807, 2.05) is 37.1 Å². The van der Waals surface area contributed by atoms with Crippen LogP contribution in [-0.4, -0.2) is 64.6 Å². The number of morpholine rings is 1. The van der Waals surface area contributed by atoms with Crippen LogP contribution in [0.2, 0.25) is 0 Å². The van der Waals surface area contributed by atoms with E-state index in [1.54, 1.807) is 4.90 Å². The molecule has 8 nitrogen and oxygen atoms in total. The summed E-state index contributed by atoms with van der Waals surface area (Å²) < 4.78 is 7.90. The van der Waals surface area contributed by atoms with Gasteiger partial charge in [0.15, 0.2) is 6.23 Å². The predicted octanol–water partition coefficient (Wildman–Crippen LogP) is 3.31. The van der Waals surface area contributed by atoms with Crippen molar-refractivity contribution < 1.29 is 9.53 Å². The summed E-state index contributed by atoms with van der Waals surface area (Å²) in [5.41, 5.74) is 3.53. The summed E-state index contributed by atoms with van der Waals surface area (Å²) in [7, 11) is 2.03. The first kappa shape index (κ1) is 23.0. The summed E-state index contributed by atoms with van der Waals surface area (Å²) in [4.78, 5) is 21.7. The molecule has 1 amide bonds. The number of nitrogens with zero attached hydrogens (tertiary/aromatic N) is 5. The molecule has 2 aliphatic heterocycles. The molecular formula is C26H34N6O2. The molecule has 0 aliphatic carbocycles. The van der Waals surface area contributed by atoms with Crippen LogP contribution in [0.1, 0.15) is 38.3 Å². The van der Waals surface area contributed by atoms with Gasteiger partial charge in [0.05, 0.1) is 18.5 Å². The van der Waals surface area contributed by atoms with Gasteiger partial charge in [0.1, 0.15) is 5.82 Å². The summed E-state index contributed by atoms with van der Waals surface area (Å²) in [6.45, 7) is 7.06. The predicted molar refractivity (Wildman–Crippen MR) is 133 cm³/mol. The topological polar surface area (TPSA) is 75.5 Å². The summed E-state index contributed by atoms with van der Waals surface area (Å²) in [6.07, 6.45) is 7.74. The summed E-state index contributed by atoms with van der Waals surface area (Å²) >= 11 is 0. The standard InChI is InChI=1S/C26H34N6O2/c1-3-25(33)32(26-17-27-9-12-34-26)24-14-21-13-19(7-8-20(21)15-28-24)22-16-29-30(2)23(22)18-31-10-5-4-6-11-31/h7-8,13-16,26-27H,3-6,9-12,17-18H2,1-2H3. The van der Waals surface area contributed by atoms with Crippen molar-refractivity contribution >= 4 is 22.5 Å². The van der Waals surface area contributed by atoms with Gasteiger partial charge >= 0.3 is 0 Å². The third-order valence-corrected chi connectivity index (χ3v) is 6.92. The number of carbonyl (C=O) groups is 1. The van der Waals surface area contributed by atoms with Crippen LogP contribution < -0.4 is 10.2 Å². The van der Waals surface area contributed by atoms with E-state index >= 15 is 0 Å². The summed E-state index contributed by atoms with van der Waals surface area (Å²) in [6, 6.07) is 8.43. The highest BCUT2D eigenvalue weighted by Crippen LogP contribution is 2.30. The lowest BCUT2D eigenvalue weighted by Gasteiger charge is -2.33. The molecule has 1 atom stereocenters. The molecule has 0 radical (unpaired) electrons. The zero-order valence-corrected chi connectivity index (χ0v) is 20.2. The number of anilines is 1. The van der Waals surface area contributed by atoms with E-state index < -0.39 is 0 Å². The maximum Gasteiger partial charge on any atom is 0.230 e. The van der Waals surface area contributed by atoms with Crippen molar-refractivity contribution in [2.24, 2.45) is 7.05 Å². The fourth-order valence-corrected chi connectivity index (χ4v) is 4.97. The largest absolute Gasteiger partial charge is 0.355 e. The molecule has 4 heterocycles. The molecule has 0 bridgehead atoms. The smallest absolute Gasteiger partial charge is 0.230 e. The molecule has 1 aromatic carbocycles. The van der Waals surface area contributed by atoms with E-state index in [1.165, 1.54) is 25.0 Å². The molecule has 5 rings (SSSR count). The fraction of sp³-hybridized carbons (Fsp3) is 0.500. The molecule has 8 heteroatoms. The third-order valence-electron chi connectivity index (χ3n) is 6.92. The van der Waals surface area contributed by atoms with Crippen molar-refractivity contribution in [3.63, 3.8) is 0 Å². The number of amides is 1. The van der Waals surface area contributed by atoms with E-state index in [9.17, 15) is 4.79 Å². The normalized spacial score (nSPS) is 19.4. The Bertz CT molecular complexity index is 1150. The minimum absolute atomic E-state index is 0.00721. The van der Waals surface area contributed by atoms with Gasteiger partial charge in [-0.1, -0.05) is 25.5 Å². The minimum Gasteiger partial charge on any atom is -0.355 e. The molecule has 1 unspecified atom stereocenters.